The molecule has 0 radical (unpaired) electrons. The molecule has 0 bridgehead atoms. The number of nitrogens with one attached hydrogen (secondary N) is 1. The van der Waals surface area contributed by atoms with Crippen LogP contribution in [0.5, 0.6) is 5.75 Å². The minimum atomic E-state index is -0.379. The van der Waals surface area contributed by atoms with E-state index < -0.39 is 0 Å². The summed E-state index contributed by atoms with van der Waals surface area (Å²) in [6.07, 6.45) is 6.17. The second kappa shape index (κ2) is 7.46. The fraction of sp³-hybridized carbons (Fsp3) is 0.588. The topological polar surface area (TPSA) is 64.3 Å². The van der Waals surface area contributed by atoms with Gasteiger partial charge < -0.3 is 15.8 Å². The van der Waals surface area contributed by atoms with Crippen molar-refractivity contribution in [2.45, 2.75) is 45.4 Å². The summed E-state index contributed by atoms with van der Waals surface area (Å²) in [7, 11) is 0. The van der Waals surface area contributed by atoms with E-state index in [1.165, 1.54) is 6.42 Å². The molecule has 0 saturated heterocycles. The van der Waals surface area contributed by atoms with Gasteiger partial charge in [-0.3, -0.25) is 4.79 Å². The summed E-state index contributed by atoms with van der Waals surface area (Å²) in [5.41, 5.74) is 6.32. The first-order chi connectivity index (χ1) is 10.2. The van der Waals surface area contributed by atoms with Crippen LogP contribution in [0, 0.1) is 5.41 Å². The highest BCUT2D eigenvalue weighted by Crippen LogP contribution is 2.36. The number of carbonyl (C=O) groups is 1. The van der Waals surface area contributed by atoms with Gasteiger partial charge in [0.05, 0.1) is 12.0 Å². The van der Waals surface area contributed by atoms with Crippen molar-refractivity contribution >= 4 is 11.6 Å². The van der Waals surface area contributed by atoms with Crippen molar-refractivity contribution in [2.75, 3.05) is 18.5 Å². The van der Waals surface area contributed by atoms with E-state index in [9.17, 15) is 4.79 Å². The van der Waals surface area contributed by atoms with Crippen LogP contribution in [-0.4, -0.2) is 19.1 Å². The van der Waals surface area contributed by atoms with Gasteiger partial charge in [0, 0.05) is 12.2 Å². The van der Waals surface area contributed by atoms with Crippen LogP contribution in [0.25, 0.3) is 0 Å². The molecular formula is C17H26N2O2. The van der Waals surface area contributed by atoms with E-state index in [-0.39, 0.29) is 11.3 Å². The van der Waals surface area contributed by atoms with E-state index in [4.69, 9.17) is 10.5 Å². The van der Waals surface area contributed by atoms with E-state index in [0.717, 1.165) is 43.5 Å². The van der Waals surface area contributed by atoms with Gasteiger partial charge in [0.2, 0.25) is 5.91 Å². The lowest BCUT2D eigenvalue weighted by molar-refractivity contribution is -0.126. The second-order valence-corrected chi connectivity index (χ2v) is 5.87. The van der Waals surface area contributed by atoms with E-state index >= 15 is 0 Å². The van der Waals surface area contributed by atoms with Gasteiger partial charge in [-0.05, 0) is 43.5 Å². The molecule has 1 amide bonds. The first-order valence-corrected chi connectivity index (χ1v) is 7.94. The Balaban J connectivity index is 1.98. The fourth-order valence-electron chi connectivity index (χ4n) is 2.87. The molecule has 3 N–H and O–H groups in total. The van der Waals surface area contributed by atoms with Crippen LogP contribution in [0.3, 0.4) is 0 Å². The quantitative estimate of drug-likeness (QED) is 0.844. The highest BCUT2D eigenvalue weighted by molar-refractivity contribution is 5.95. The number of nitrogens with two attached hydrogens (primary N) is 1. The molecule has 0 aliphatic heterocycles. The molecule has 0 unspecified atom stereocenters. The number of hydrogen-bond acceptors (Lipinski definition) is 3. The van der Waals surface area contributed by atoms with Gasteiger partial charge in [0.25, 0.3) is 0 Å². The Labute approximate surface area is 127 Å². The zero-order valence-electron chi connectivity index (χ0n) is 12.9. The summed E-state index contributed by atoms with van der Waals surface area (Å²) in [6, 6.07) is 7.55. The number of amides is 1. The molecule has 0 atom stereocenters. The molecule has 21 heavy (non-hydrogen) atoms. The zero-order chi connectivity index (χ0) is 15.1. The molecule has 1 aliphatic rings. The molecule has 1 aliphatic carbocycles. The summed E-state index contributed by atoms with van der Waals surface area (Å²) in [5.74, 6) is 0.896. The van der Waals surface area contributed by atoms with E-state index in [1.54, 1.807) is 0 Å². The van der Waals surface area contributed by atoms with Crippen molar-refractivity contribution in [3.63, 3.8) is 0 Å². The van der Waals surface area contributed by atoms with Gasteiger partial charge in [-0.15, -0.1) is 0 Å². The maximum absolute atomic E-state index is 12.6. The van der Waals surface area contributed by atoms with E-state index in [2.05, 4.69) is 12.2 Å². The Morgan fingerprint density at radius 2 is 1.90 bits per heavy atom. The Morgan fingerprint density at radius 1 is 1.24 bits per heavy atom. The minimum absolute atomic E-state index is 0.0620. The number of rotatable bonds is 6. The summed E-state index contributed by atoms with van der Waals surface area (Å²) in [4.78, 5) is 12.6. The maximum Gasteiger partial charge on any atom is 0.231 e. The second-order valence-electron chi connectivity index (χ2n) is 5.87. The first-order valence-electron chi connectivity index (χ1n) is 7.94. The van der Waals surface area contributed by atoms with Gasteiger partial charge in [-0.2, -0.15) is 0 Å². The molecular weight excluding hydrogens is 264 g/mol. The Bertz CT molecular complexity index is 450. The van der Waals surface area contributed by atoms with Gasteiger partial charge in [-0.25, -0.2) is 0 Å². The summed E-state index contributed by atoms with van der Waals surface area (Å²) in [6.45, 7) is 3.21. The molecule has 2 rings (SSSR count). The monoisotopic (exact) mass is 290 g/mol. The molecule has 0 spiro atoms. The third-order valence-electron chi connectivity index (χ3n) is 4.27. The lowest BCUT2D eigenvalue weighted by Gasteiger charge is -2.34. The summed E-state index contributed by atoms with van der Waals surface area (Å²) >= 11 is 0. The number of benzene rings is 1. The molecule has 0 heterocycles. The molecule has 1 saturated carbocycles. The Hall–Kier alpha value is -1.55. The largest absolute Gasteiger partial charge is 0.494 e. The molecule has 1 aromatic carbocycles. The van der Waals surface area contributed by atoms with Crippen LogP contribution in [-0.2, 0) is 4.79 Å². The standard InChI is InChI=1S/C17H26N2O2/c1-2-12-21-15-8-6-14(7-9-15)19-16(20)17(13-18)10-4-3-5-11-17/h6-9H,2-5,10-13,18H2,1H3,(H,19,20). The Kier molecular flexibility index (Phi) is 5.62. The van der Waals surface area contributed by atoms with Crippen molar-refractivity contribution in [1.82, 2.24) is 0 Å². The highest BCUT2D eigenvalue weighted by Gasteiger charge is 2.38. The van der Waals surface area contributed by atoms with Gasteiger partial charge in [0.15, 0.2) is 0 Å². The maximum atomic E-state index is 12.6. The van der Waals surface area contributed by atoms with Gasteiger partial charge in [0.1, 0.15) is 5.75 Å². The van der Waals surface area contributed by atoms with Crippen LogP contribution in [0.15, 0.2) is 24.3 Å². The Morgan fingerprint density at radius 3 is 2.48 bits per heavy atom. The molecule has 4 nitrogen and oxygen atoms in total. The summed E-state index contributed by atoms with van der Waals surface area (Å²) < 4.78 is 5.54. The lowest BCUT2D eigenvalue weighted by Crippen LogP contribution is -2.43. The molecule has 1 fully saturated rings. The predicted molar refractivity (Wildman–Crippen MR) is 85.4 cm³/mol. The van der Waals surface area contributed by atoms with Crippen molar-refractivity contribution in [3.05, 3.63) is 24.3 Å². The van der Waals surface area contributed by atoms with Crippen molar-refractivity contribution in [2.24, 2.45) is 11.1 Å². The molecule has 116 valence electrons. The third kappa shape index (κ3) is 3.97. The number of hydrogen-bond donors (Lipinski definition) is 2. The van der Waals surface area contributed by atoms with Crippen LogP contribution in [0.2, 0.25) is 0 Å². The average Bonchev–Trinajstić information content (AvgIpc) is 2.54. The fourth-order valence-corrected chi connectivity index (χ4v) is 2.87. The SMILES string of the molecule is CCCOc1ccc(NC(=O)C2(CN)CCCCC2)cc1. The molecule has 1 aromatic rings. The number of ether oxygens (including phenoxy) is 1. The lowest BCUT2D eigenvalue weighted by atomic mass is 9.73. The van der Waals surface area contributed by atoms with Crippen molar-refractivity contribution in [3.8, 4) is 5.75 Å². The van der Waals surface area contributed by atoms with Gasteiger partial charge >= 0.3 is 0 Å². The molecule has 4 heteroatoms. The van der Waals surface area contributed by atoms with Crippen LogP contribution >= 0.6 is 0 Å². The van der Waals surface area contributed by atoms with Crippen LogP contribution in [0.4, 0.5) is 5.69 Å². The van der Waals surface area contributed by atoms with Crippen molar-refractivity contribution < 1.29 is 9.53 Å². The predicted octanol–water partition coefficient (Wildman–Crippen LogP) is 3.32. The van der Waals surface area contributed by atoms with Crippen LogP contribution in [0.1, 0.15) is 45.4 Å². The number of anilines is 1. The normalized spacial score (nSPS) is 17.2. The van der Waals surface area contributed by atoms with Crippen LogP contribution < -0.4 is 15.8 Å². The zero-order valence-corrected chi connectivity index (χ0v) is 12.9. The molecule has 0 aromatic heterocycles. The smallest absolute Gasteiger partial charge is 0.231 e. The van der Waals surface area contributed by atoms with Crippen molar-refractivity contribution in [1.29, 1.82) is 0 Å². The van der Waals surface area contributed by atoms with E-state index in [1.807, 2.05) is 24.3 Å². The van der Waals surface area contributed by atoms with Gasteiger partial charge in [-0.1, -0.05) is 26.2 Å². The first kappa shape index (κ1) is 15.8. The third-order valence-corrected chi connectivity index (χ3v) is 4.27. The minimum Gasteiger partial charge on any atom is -0.494 e. The highest BCUT2D eigenvalue weighted by atomic mass is 16.5. The van der Waals surface area contributed by atoms with E-state index in [0.29, 0.717) is 13.2 Å². The average molecular weight is 290 g/mol. The summed E-state index contributed by atoms with van der Waals surface area (Å²) in [5, 5.41) is 3.01. The number of carbonyl (C=O) groups excluding carboxylic acids is 1.